The van der Waals surface area contributed by atoms with Gasteiger partial charge in [0.1, 0.15) is 0 Å². The van der Waals surface area contributed by atoms with Crippen molar-refractivity contribution >= 4 is 40.2 Å². The number of imide groups is 1. The van der Waals surface area contributed by atoms with Crippen LogP contribution in [-0.2, 0) is 19.1 Å². The Kier molecular flexibility index (Phi) is 6.63. The van der Waals surface area contributed by atoms with E-state index in [1.807, 2.05) is 18.2 Å². The van der Waals surface area contributed by atoms with Gasteiger partial charge in [-0.1, -0.05) is 58.0 Å². The molecule has 0 N–H and O–H groups in total. The highest BCUT2D eigenvalue weighted by molar-refractivity contribution is 6.22. The predicted molar refractivity (Wildman–Crippen MR) is 144 cm³/mol. The SMILES string of the molecule is C[C@@H]1CC[C@@H]2C(=O)N(c3cccc(-c4cc(C(=O)OCC(=O)C(C)(C)C)c5ccccc5n4)c3)C(=O)[C@@H]2C1. The Bertz CT molecular complexity index is 1450. The van der Waals surface area contributed by atoms with E-state index in [2.05, 4.69) is 6.92 Å². The fourth-order valence-corrected chi connectivity index (χ4v) is 5.37. The van der Waals surface area contributed by atoms with Crippen molar-refractivity contribution in [2.45, 2.75) is 47.0 Å². The van der Waals surface area contributed by atoms with Gasteiger partial charge in [0.15, 0.2) is 12.4 Å². The second kappa shape index (κ2) is 9.78. The second-order valence-corrected chi connectivity index (χ2v) is 11.5. The summed E-state index contributed by atoms with van der Waals surface area (Å²) in [5, 5.41) is 0.615. The maximum absolute atomic E-state index is 13.3. The lowest BCUT2D eigenvalue weighted by molar-refractivity contribution is -0.129. The van der Waals surface area contributed by atoms with Crippen LogP contribution in [0.1, 0.15) is 57.3 Å². The molecule has 7 nitrogen and oxygen atoms in total. The monoisotopic (exact) mass is 512 g/mol. The average molecular weight is 513 g/mol. The first-order valence-corrected chi connectivity index (χ1v) is 13.1. The lowest BCUT2D eigenvalue weighted by Gasteiger charge is -2.25. The molecule has 5 rings (SSSR count). The number of carbonyl (C=O) groups is 4. The molecule has 196 valence electrons. The van der Waals surface area contributed by atoms with Crippen molar-refractivity contribution in [3.05, 3.63) is 60.2 Å². The summed E-state index contributed by atoms with van der Waals surface area (Å²) in [6.45, 7) is 7.15. The van der Waals surface area contributed by atoms with Crippen LogP contribution < -0.4 is 4.90 Å². The maximum Gasteiger partial charge on any atom is 0.339 e. The van der Waals surface area contributed by atoms with Crippen molar-refractivity contribution in [2.75, 3.05) is 11.5 Å². The summed E-state index contributed by atoms with van der Waals surface area (Å²) in [6.07, 6.45) is 2.43. The molecular formula is C31H32N2O5. The maximum atomic E-state index is 13.3. The van der Waals surface area contributed by atoms with Crippen molar-refractivity contribution in [1.29, 1.82) is 0 Å². The molecule has 2 fully saturated rings. The molecule has 1 aliphatic heterocycles. The van der Waals surface area contributed by atoms with Gasteiger partial charge in [-0.25, -0.2) is 9.78 Å². The van der Waals surface area contributed by atoms with Gasteiger partial charge in [0.2, 0.25) is 11.8 Å². The molecule has 0 radical (unpaired) electrons. The number of hydrogen-bond acceptors (Lipinski definition) is 6. The molecule has 3 aromatic rings. The normalized spacial score (nSPS) is 21.5. The molecule has 0 unspecified atom stereocenters. The summed E-state index contributed by atoms with van der Waals surface area (Å²) in [5.74, 6) is -1.14. The van der Waals surface area contributed by atoms with Gasteiger partial charge in [0, 0.05) is 16.4 Å². The minimum atomic E-state index is -0.619. The number of pyridine rings is 1. The molecule has 38 heavy (non-hydrogen) atoms. The van der Waals surface area contributed by atoms with Crippen LogP contribution in [0.25, 0.3) is 22.2 Å². The minimum absolute atomic E-state index is 0.136. The predicted octanol–water partition coefficient (Wildman–Crippen LogP) is 5.60. The van der Waals surface area contributed by atoms with Gasteiger partial charge in [-0.15, -0.1) is 0 Å². The number of Topliss-reactive ketones (excluding diaryl/α,β-unsaturated/α-hetero) is 1. The van der Waals surface area contributed by atoms with E-state index in [0.29, 0.717) is 39.3 Å². The number of nitrogens with zero attached hydrogens (tertiary/aromatic N) is 2. The van der Waals surface area contributed by atoms with Crippen LogP contribution in [0.2, 0.25) is 0 Å². The number of rotatable bonds is 5. The van der Waals surface area contributed by atoms with Gasteiger partial charge >= 0.3 is 5.97 Å². The topological polar surface area (TPSA) is 93.6 Å². The van der Waals surface area contributed by atoms with Gasteiger partial charge in [0.25, 0.3) is 0 Å². The van der Waals surface area contributed by atoms with E-state index in [-0.39, 0.29) is 36.0 Å². The molecule has 2 amide bonds. The van der Waals surface area contributed by atoms with Gasteiger partial charge in [-0.2, -0.15) is 0 Å². The summed E-state index contributed by atoms with van der Waals surface area (Å²) in [5.41, 5.74) is 1.95. The zero-order valence-corrected chi connectivity index (χ0v) is 22.2. The lowest BCUT2D eigenvalue weighted by atomic mass is 9.76. The number of ether oxygens (including phenoxy) is 1. The molecule has 0 bridgehead atoms. The highest BCUT2D eigenvalue weighted by atomic mass is 16.5. The van der Waals surface area contributed by atoms with E-state index in [1.165, 1.54) is 4.90 Å². The molecule has 0 spiro atoms. The number of esters is 1. The molecule has 1 aromatic heterocycles. The van der Waals surface area contributed by atoms with Crippen LogP contribution in [0.15, 0.2) is 54.6 Å². The molecule has 3 atom stereocenters. The molecular weight excluding hydrogens is 480 g/mol. The third-order valence-electron chi connectivity index (χ3n) is 7.69. The minimum Gasteiger partial charge on any atom is -0.454 e. The number of anilines is 1. The van der Waals surface area contributed by atoms with E-state index in [0.717, 1.165) is 19.3 Å². The Hall–Kier alpha value is -3.87. The number of benzene rings is 2. The van der Waals surface area contributed by atoms with Gasteiger partial charge < -0.3 is 4.74 Å². The smallest absolute Gasteiger partial charge is 0.339 e. The number of ketones is 1. The number of fused-ring (bicyclic) bond motifs is 2. The second-order valence-electron chi connectivity index (χ2n) is 11.5. The summed E-state index contributed by atoms with van der Waals surface area (Å²) in [6, 6.07) is 16.0. The quantitative estimate of drug-likeness (QED) is 0.326. The van der Waals surface area contributed by atoms with Gasteiger partial charge in [0.05, 0.1) is 34.3 Å². The van der Waals surface area contributed by atoms with Crippen LogP contribution in [0.3, 0.4) is 0 Å². The number of hydrogen-bond donors (Lipinski definition) is 0. The molecule has 7 heteroatoms. The highest BCUT2D eigenvalue weighted by Crippen LogP contribution is 2.42. The molecule has 1 saturated carbocycles. The largest absolute Gasteiger partial charge is 0.454 e. The first kappa shape index (κ1) is 25.8. The zero-order chi connectivity index (χ0) is 27.2. The van der Waals surface area contributed by atoms with Crippen LogP contribution in [0.5, 0.6) is 0 Å². The van der Waals surface area contributed by atoms with E-state index < -0.39 is 11.4 Å². The van der Waals surface area contributed by atoms with E-state index in [9.17, 15) is 19.2 Å². The third-order valence-corrected chi connectivity index (χ3v) is 7.69. The van der Waals surface area contributed by atoms with Crippen LogP contribution in [-0.4, -0.2) is 35.2 Å². The zero-order valence-electron chi connectivity index (χ0n) is 22.2. The molecule has 2 aromatic carbocycles. The van der Waals surface area contributed by atoms with Crippen LogP contribution in [0.4, 0.5) is 5.69 Å². The lowest BCUT2D eigenvalue weighted by Crippen LogP contribution is -2.30. The van der Waals surface area contributed by atoms with E-state index in [4.69, 9.17) is 9.72 Å². The Balaban J connectivity index is 1.49. The average Bonchev–Trinajstić information content (AvgIpc) is 3.14. The molecule has 1 saturated heterocycles. The Morgan fingerprint density at radius 3 is 2.47 bits per heavy atom. The number of aromatic nitrogens is 1. The van der Waals surface area contributed by atoms with Gasteiger partial charge in [-0.05, 0) is 49.4 Å². The van der Waals surface area contributed by atoms with E-state index in [1.54, 1.807) is 57.2 Å². The van der Waals surface area contributed by atoms with Crippen molar-refractivity contribution in [3.63, 3.8) is 0 Å². The van der Waals surface area contributed by atoms with E-state index >= 15 is 0 Å². The van der Waals surface area contributed by atoms with Gasteiger partial charge in [-0.3, -0.25) is 19.3 Å². The summed E-state index contributed by atoms with van der Waals surface area (Å²) in [7, 11) is 0. The standard InChI is InChI=1S/C31H32N2O5/c1-18-12-13-22-23(14-18)29(36)33(28(22)35)20-9-7-8-19(15-20)26-16-24(21-10-5-6-11-25(21)32-26)30(37)38-17-27(34)31(2,3)4/h5-11,15-16,18,22-23H,12-14,17H2,1-4H3/t18-,22+,23-/m1/s1. The molecule has 2 heterocycles. The van der Waals surface area contributed by atoms with Crippen molar-refractivity contribution in [1.82, 2.24) is 4.98 Å². The highest BCUT2D eigenvalue weighted by Gasteiger charge is 2.50. The number of carbonyl (C=O) groups excluding carboxylic acids is 4. The fourth-order valence-electron chi connectivity index (χ4n) is 5.37. The number of para-hydroxylation sites is 1. The summed E-state index contributed by atoms with van der Waals surface area (Å²) >= 11 is 0. The molecule has 2 aliphatic rings. The Morgan fingerprint density at radius 1 is 0.974 bits per heavy atom. The van der Waals surface area contributed by atoms with Crippen molar-refractivity contribution < 1.29 is 23.9 Å². The summed E-state index contributed by atoms with van der Waals surface area (Å²) < 4.78 is 5.40. The number of amides is 2. The Labute approximate surface area is 222 Å². The summed E-state index contributed by atoms with van der Waals surface area (Å²) in [4.78, 5) is 58.0. The first-order chi connectivity index (χ1) is 18.0. The van der Waals surface area contributed by atoms with Crippen LogP contribution in [0, 0.1) is 23.2 Å². The third kappa shape index (κ3) is 4.73. The first-order valence-electron chi connectivity index (χ1n) is 13.1. The van der Waals surface area contributed by atoms with Crippen LogP contribution >= 0.6 is 0 Å². The Morgan fingerprint density at radius 2 is 1.71 bits per heavy atom. The van der Waals surface area contributed by atoms with Crippen molar-refractivity contribution in [2.24, 2.45) is 23.2 Å². The fraction of sp³-hybridized carbons (Fsp3) is 0.387. The van der Waals surface area contributed by atoms with Crippen molar-refractivity contribution in [3.8, 4) is 11.3 Å². The molecule has 1 aliphatic carbocycles.